The third-order valence-corrected chi connectivity index (χ3v) is 9.02. The molecule has 13 atom stereocenters. The van der Waals surface area contributed by atoms with Crippen molar-refractivity contribution in [3.05, 3.63) is 20.9 Å². The van der Waals surface area contributed by atoms with E-state index in [4.69, 9.17) is 56.0 Å². The second-order valence-corrected chi connectivity index (χ2v) is 12.4. The van der Waals surface area contributed by atoms with Crippen LogP contribution in [0.25, 0.3) is 20.9 Å². The lowest BCUT2D eigenvalue weighted by Gasteiger charge is -2.25. The molecular formula is C12H30B2N6O15P6. The minimum atomic E-state index is -5.66. The van der Waals surface area contributed by atoms with E-state index in [9.17, 15) is 28.8 Å². The Kier molecular flexibility index (Phi) is 18.7. The summed E-state index contributed by atoms with van der Waals surface area (Å²) in [5.74, 6) is 0. The molecular weight excluding hydrogens is 676 g/mol. The number of phosphoric ester groups is 1. The van der Waals surface area contributed by atoms with Gasteiger partial charge in [0.1, 0.15) is 27.9 Å². The summed E-state index contributed by atoms with van der Waals surface area (Å²) in [5.41, 5.74) is 13.9. The van der Waals surface area contributed by atoms with Crippen molar-refractivity contribution in [2.75, 3.05) is 13.2 Å². The van der Waals surface area contributed by atoms with Crippen molar-refractivity contribution >= 4 is 66.9 Å². The van der Waals surface area contributed by atoms with Gasteiger partial charge in [-0.25, -0.2) is 13.7 Å². The first kappa shape index (κ1) is 43.4. The largest absolute Gasteiger partial charge is 0.490 e. The van der Waals surface area contributed by atoms with E-state index in [2.05, 4.69) is 51.1 Å². The van der Waals surface area contributed by atoms with Crippen molar-refractivity contribution in [1.29, 1.82) is 0 Å². The van der Waals surface area contributed by atoms with Gasteiger partial charge in [0.2, 0.25) is 0 Å². The van der Waals surface area contributed by atoms with Crippen LogP contribution in [0, 0.1) is 0 Å². The monoisotopic (exact) mass is 706 g/mol. The van der Waals surface area contributed by atoms with Crippen molar-refractivity contribution in [2.45, 2.75) is 61.3 Å². The number of rotatable bonds is 10. The fraction of sp³-hybridized carbons (Fsp3) is 1.00. The molecule has 2 rings (SSSR count). The van der Waals surface area contributed by atoms with E-state index in [-0.39, 0.29) is 16.5 Å². The van der Waals surface area contributed by atoms with Gasteiger partial charge in [0.15, 0.2) is 0 Å². The molecule has 0 aromatic heterocycles. The maximum absolute atomic E-state index is 11.5. The number of aliphatic hydroxyl groups excluding tert-OH is 3. The molecule has 41 heavy (non-hydrogen) atoms. The van der Waals surface area contributed by atoms with E-state index < -0.39 is 77.6 Å². The molecule has 2 heterocycles. The minimum Gasteiger partial charge on any atom is -0.394 e. The normalized spacial score (nSPS) is 35.4. The average molecular weight is 706 g/mol. The van der Waals surface area contributed by atoms with Gasteiger partial charge in [-0.05, 0) is 24.9 Å². The predicted octanol–water partition coefficient (Wildman–Crippen LogP) is -0.335. The predicted molar refractivity (Wildman–Crippen MR) is 153 cm³/mol. The fourth-order valence-electron chi connectivity index (χ4n) is 3.06. The number of hydrogen-bond acceptors (Lipinski definition) is 13. The van der Waals surface area contributed by atoms with Crippen LogP contribution in [-0.4, -0.2) is 111 Å². The Bertz CT molecular complexity index is 1100. The fourth-order valence-corrected chi connectivity index (χ4v) is 6.09. The smallest absolute Gasteiger partial charge is 0.394 e. The van der Waals surface area contributed by atoms with E-state index in [0.29, 0.717) is 0 Å². The van der Waals surface area contributed by atoms with Crippen LogP contribution in [0.2, 0.25) is 0 Å². The first-order chi connectivity index (χ1) is 18.2. The lowest BCUT2D eigenvalue weighted by atomic mass is 9.79. The summed E-state index contributed by atoms with van der Waals surface area (Å²) in [5, 5.41) is 35.0. The molecule has 0 spiro atoms. The Balaban J connectivity index is 0. The summed E-state index contributed by atoms with van der Waals surface area (Å²) in [6, 6.07) is -2.19. The molecule has 21 nitrogen and oxygen atoms in total. The quantitative estimate of drug-likeness (QED) is 0.0503. The molecule has 2 aliphatic rings. The molecule has 0 saturated carbocycles. The second kappa shape index (κ2) is 17.7. The average Bonchev–Trinajstić information content (AvgIpc) is 3.16. The summed E-state index contributed by atoms with van der Waals surface area (Å²) in [7, 11) is -0.840. The lowest BCUT2D eigenvalue weighted by Crippen LogP contribution is -2.44. The highest BCUT2D eigenvalue weighted by atomic mass is 32.0. The highest BCUT2D eigenvalue weighted by molar-refractivity contribution is 7.92. The molecule has 29 heteroatoms. The van der Waals surface area contributed by atoms with Crippen LogP contribution in [0.3, 0.4) is 0 Å². The van der Waals surface area contributed by atoms with Crippen LogP contribution in [-0.2, 0) is 36.3 Å². The highest BCUT2D eigenvalue weighted by Crippen LogP contribution is 2.66. The highest BCUT2D eigenvalue weighted by Gasteiger charge is 2.51. The van der Waals surface area contributed by atoms with E-state index in [1.165, 1.54) is 13.8 Å². The van der Waals surface area contributed by atoms with Gasteiger partial charge in [-0.1, -0.05) is 10.2 Å². The first-order valence-corrected chi connectivity index (χ1v) is 17.4. The van der Waals surface area contributed by atoms with Crippen LogP contribution in [0.15, 0.2) is 10.2 Å². The molecule has 0 amide bonds. The Labute approximate surface area is 243 Å². The maximum Gasteiger partial charge on any atom is 0.490 e. The molecule has 7 N–H and O–H groups in total. The Morgan fingerprint density at radius 3 is 1.61 bits per heavy atom. The van der Waals surface area contributed by atoms with Gasteiger partial charge >= 0.3 is 23.5 Å². The van der Waals surface area contributed by atoms with Gasteiger partial charge in [-0.3, -0.25) is 4.52 Å². The number of azide groups is 2. The number of hydrogen-bond donors (Lipinski definition) is 7. The SMILES string of the molecule is P.PP.[B][C@@H]1O[C@H](CO)[C@@H](O)[C@@]1(C)N=[N+]=[N-].[B][C@@H]1O[C@H](COP(=O)(O)OP(=O)(O)OP(=O)(O)O)[C@@H](O)[C@@]1(C)N=[N+]=[N-]. The number of aliphatic hydroxyl groups is 3. The summed E-state index contributed by atoms with van der Waals surface area (Å²) in [6.45, 7) is 1.45. The van der Waals surface area contributed by atoms with E-state index in [1.54, 1.807) is 0 Å². The van der Waals surface area contributed by atoms with Crippen molar-refractivity contribution in [3.63, 3.8) is 0 Å². The Hall–Kier alpha value is 0.250. The molecule has 2 fully saturated rings. The van der Waals surface area contributed by atoms with Crippen molar-refractivity contribution in [2.24, 2.45) is 10.2 Å². The summed E-state index contributed by atoms with van der Waals surface area (Å²) in [6.07, 6.45) is -4.84. The first-order valence-electron chi connectivity index (χ1n) is 10.2. The van der Waals surface area contributed by atoms with Crippen LogP contribution in [0.1, 0.15) is 13.8 Å². The van der Waals surface area contributed by atoms with Gasteiger partial charge in [0.05, 0.1) is 36.5 Å². The zero-order chi connectivity index (χ0) is 31.7. The molecule has 0 bridgehead atoms. The molecule has 4 radical (unpaired) electrons. The number of phosphoric acid groups is 3. The summed E-state index contributed by atoms with van der Waals surface area (Å²) >= 11 is 0. The van der Waals surface area contributed by atoms with Crippen molar-refractivity contribution in [3.8, 4) is 0 Å². The van der Waals surface area contributed by atoms with Gasteiger partial charge in [-0.15, -0.1) is 17.9 Å². The zero-order valence-corrected chi connectivity index (χ0v) is 27.7. The molecule has 2 saturated heterocycles. The van der Waals surface area contributed by atoms with Crippen LogP contribution in [0.4, 0.5) is 0 Å². The molecule has 2 aliphatic heterocycles. The molecule has 0 aromatic carbocycles. The number of nitrogens with zero attached hydrogens (tertiary/aromatic N) is 6. The Morgan fingerprint density at radius 1 is 0.878 bits per heavy atom. The Morgan fingerprint density at radius 2 is 1.27 bits per heavy atom. The molecule has 0 aliphatic carbocycles. The second-order valence-electron chi connectivity index (χ2n) is 7.98. The van der Waals surface area contributed by atoms with Crippen LogP contribution < -0.4 is 0 Å². The van der Waals surface area contributed by atoms with Gasteiger partial charge in [0.25, 0.3) is 0 Å². The minimum absolute atomic E-state index is 0. The van der Waals surface area contributed by atoms with Gasteiger partial charge in [0, 0.05) is 21.8 Å². The van der Waals surface area contributed by atoms with Crippen LogP contribution >= 0.6 is 51.2 Å². The zero-order valence-electron chi connectivity index (χ0n) is 21.3. The van der Waals surface area contributed by atoms with E-state index in [1.807, 2.05) is 0 Å². The third-order valence-electron chi connectivity index (χ3n) is 5.21. The topological polar surface area (TPSA) is 336 Å². The summed E-state index contributed by atoms with van der Waals surface area (Å²) in [4.78, 5) is 40.1. The van der Waals surface area contributed by atoms with Crippen molar-refractivity contribution in [1.82, 2.24) is 0 Å². The van der Waals surface area contributed by atoms with E-state index >= 15 is 0 Å². The molecule has 0 aromatic rings. The van der Waals surface area contributed by atoms with Gasteiger partial charge in [-0.2, -0.15) is 18.5 Å². The maximum atomic E-state index is 11.5. The standard InChI is InChI=1S/C6H13BN3O12P3.C6H10BN3O3.H4P2.H3P/c1-6(9-10-8)4(11)3(20-5(6)7)2-19-24(15,16)22-25(17,18)21-23(12,13)14;1-6(9-10-8)4(12)3(2-11)13-5(6)7;1-2;/h3-5,11H,2H2,1H3,(H,15,16)(H,17,18)(H2,12,13,14);3-5,11-12H,2H2,1H3;1-2H2;1H3/t2*3-,4-,5-,6-;;/m11../s1. The molecule has 234 valence electrons. The molecule has 5 unspecified atom stereocenters. The third kappa shape index (κ3) is 12.6. The lowest BCUT2D eigenvalue weighted by molar-refractivity contribution is -0.00548. The number of ether oxygens (including phenoxy) is 2. The van der Waals surface area contributed by atoms with Gasteiger partial charge < -0.3 is 44.4 Å². The van der Waals surface area contributed by atoms with Crippen molar-refractivity contribution < 1.29 is 71.2 Å². The van der Waals surface area contributed by atoms with Crippen LogP contribution in [0.5, 0.6) is 0 Å². The summed E-state index contributed by atoms with van der Waals surface area (Å²) < 4.78 is 54.5. The van der Waals surface area contributed by atoms with E-state index in [0.717, 1.165) is 0 Å².